The van der Waals surface area contributed by atoms with E-state index >= 15 is 0 Å². The lowest BCUT2D eigenvalue weighted by Crippen LogP contribution is -2.52. The van der Waals surface area contributed by atoms with Crippen molar-refractivity contribution in [2.24, 2.45) is 0 Å². The molecular formula is C31H39N3O6S. The molecule has 0 aliphatic rings. The number of likely N-dealkylation sites (N-methyl/N-ethyl adjacent to an activating group) is 1. The predicted octanol–water partition coefficient (Wildman–Crippen LogP) is 4.46. The minimum atomic E-state index is -4.25. The maximum absolute atomic E-state index is 14.1. The summed E-state index contributed by atoms with van der Waals surface area (Å²) in [5.74, 6) is -0.177. The van der Waals surface area contributed by atoms with Gasteiger partial charge in [-0.3, -0.25) is 13.9 Å². The summed E-state index contributed by atoms with van der Waals surface area (Å²) in [6.45, 7) is 7.52. The van der Waals surface area contributed by atoms with Gasteiger partial charge in [-0.1, -0.05) is 54.4 Å². The van der Waals surface area contributed by atoms with Crippen LogP contribution in [0.5, 0.6) is 11.5 Å². The van der Waals surface area contributed by atoms with Gasteiger partial charge in [-0.25, -0.2) is 8.42 Å². The van der Waals surface area contributed by atoms with Crippen LogP contribution < -0.4 is 19.1 Å². The van der Waals surface area contributed by atoms with E-state index in [0.717, 1.165) is 21.0 Å². The number of methoxy groups -OCH3 is 2. The van der Waals surface area contributed by atoms with E-state index in [4.69, 9.17) is 9.47 Å². The van der Waals surface area contributed by atoms with Gasteiger partial charge in [-0.15, -0.1) is 0 Å². The first-order valence-corrected chi connectivity index (χ1v) is 14.9. The molecule has 3 aromatic rings. The van der Waals surface area contributed by atoms with Crippen LogP contribution in [0.15, 0.2) is 71.6 Å². The number of sulfonamides is 1. The van der Waals surface area contributed by atoms with E-state index in [1.807, 2.05) is 52.0 Å². The number of nitrogens with zero attached hydrogens (tertiary/aromatic N) is 2. The number of rotatable bonds is 13. The van der Waals surface area contributed by atoms with Gasteiger partial charge in [0.1, 0.15) is 12.6 Å². The van der Waals surface area contributed by atoms with Crippen molar-refractivity contribution in [1.82, 2.24) is 10.2 Å². The topological polar surface area (TPSA) is 105 Å². The van der Waals surface area contributed by atoms with Gasteiger partial charge in [0.25, 0.3) is 10.0 Å². The molecule has 41 heavy (non-hydrogen) atoms. The van der Waals surface area contributed by atoms with E-state index in [9.17, 15) is 18.0 Å². The van der Waals surface area contributed by atoms with Gasteiger partial charge in [0.2, 0.25) is 11.8 Å². The number of hydrogen-bond donors (Lipinski definition) is 1. The van der Waals surface area contributed by atoms with Crippen LogP contribution in [0.4, 0.5) is 5.69 Å². The van der Waals surface area contributed by atoms with Crippen molar-refractivity contribution in [3.05, 3.63) is 83.4 Å². The first-order chi connectivity index (χ1) is 19.5. The summed E-state index contributed by atoms with van der Waals surface area (Å²) in [5.41, 5.74) is 3.11. The van der Waals surface area contributed by atoms with Crippen molar-refractivity contribution in [3.8, 4) is 11.5 Å². The van der Waals surface area contributed by atoms with Gasteiger partial charge in [0.15, 0.2) is 11.5 Å². The summed E-state index contributed by atoms with van der Waals surface area (Å²) in [6.07, 6.45) is 0.357. The van der Waals surface area contributed by atoms with Crippen LogP contribution in [0.2, 0.25) is 0 Å². The Morgan fingerprint density at radius 3 is 2.15 bits per heavy atom. The Morgan fingerprint density at radius 2 is 1.56 bits per heavy atom. The van der Waals surface area contributed by atoms with E-state index in [1.54, 1.807) is 24.3 Å². The average molecular weight is 582 g/mol. The molecule has 10 heteroatoms. The normalized spacial score (nSPS) is 11.9. The van der Waals surface area contributed by atoms with Crippen molar-refractivity contribution < 1.29 is 27.5 Å². The maximum Gasteiger partial charge on any atom is 0.264 e. The molecule has 0 aliphatic heterocycles. The smallest absolute Gasteiger partial charge is 0.264 e. The zero-order valence-electron chi connectivity index (χ0n) is 24.5. The molecule has 3 rings (SSSR count). The minimum Gasteiger partial charge on any atom is -0.493 e. The van der Waals surface area contributed by atoms with E-state index in [2.05, 4.69) is 5.32 Å². The number of anilines is 1. The van der Waals surface area contributed by atoms with E-state index in [0.29, 0.717) is 24.4 Å². The molecule has 0 aliphatic carbocycles. The van der Waals surface area contributed by atoms with Gasteiger partial charge in [0.05, 0.1) is 24.8 Å². The van der Waals surface area contributed by atoms with Crippen LogP contribution in [-0.4, -0.2) is 58.5 Å². The number of amides is 2. The predicted molar refractivity (Wildman–Crippen MR) is 160 cm³/mol. The van der Waals surface area contributed by atoms with Crippen LogP contribution in [0.25, 0.3) is 0 Å². The number of aryl methyl sites for hydroxylation is 2. The molecule has 0 aromatic heterocycles. The second-order valence-corrected chi connectivity index (χ2v) is 11.6. The fourth-order valence-corrected chi connectivity index (χ4v) is 5.99. The van der Waals surface area contributed by atoms with Gasteiger partial charge >= 0.3 is 0 Å². The summed E-state index contributed by atoms with van der Waals surface area (Å²) in [5, 5.41) is 2.81. The summed E-state index contributed by atoms with van der Waals surface area (Å²) >= 11 is 0. The number of carbonyl (C=O) groups is 2. The quantitative estimate of drug-likeness (QED) is 0.320. The highest BCUT2D eigenvalue weighted by Gasteiger charge is 2.34. The molecule has 0 radical (unpaired) electrons. The zero-order chi connectivity index (χ0) is 30.2. The third-order valence-electron chi connectivity index (χ3n) is 6.72. The standard InChI is InChI=1S/C31H39N3O6S/c1-7-27(31(36)32-8-2)33(20-24-11-9-10-23(4)18-24)30(35)21-34(25-14-12-22(3)13-15-25)41(37,38)26-16-17-28(39-5)29(19-26)40-6/h9-19,27H,7-8,20-21H2,1-6H3,(H,32,36)/t27-/m1/s1. The second-order valence-electron chi connectivity index (χ2n) is 9.69. The lowest BCUT2D eigenvalue weighted by atomic mass is 10.1. The zero-order valence-corrected chi connectivity index (χ0v) is 25.3. The average Bonchev–Trinajstić information content (AvgIpc) is 2.96. The summed E-state index contributed by atoms with van der Waals surface area (Å²) in [7, 11) is -1.36. The second kappa shape index (κ2) is 14.0. The molecule has 9 nitrogen and oxygen atoms in total. The van der Waals surface area contributed by atoms with Crippen LogP contribution >= 0.6 is 0 Å². The maximum atomic E-state index is 14.1. The molecule has 0 saturated carbocycles. The molecule has 1 N–H and O–H groups in total. The number of nitrogens with one attached hydrogen (secondary N) is 1. The lowest BCUT2D eigenvalue weighted by Gasteiger charge is -2.33. The molecule has 0 spiro atoms. The number of benzene rings is 3. The molecule has 0 fully saturated rings. The van der Waals surface area contributed by atoms with Crippen LogP contribution in [0.3, 0.4) is 0 Å². The van der Waals surface area contributed by atoms with Crippen molar-refractivity contribution >= 4 is 27.5 Å². The van der Waals surface area contributed by atoms with E-state index in [-0.39, 0.29) is 23.1 Å². The van der Waals surface area contributed by atoms with Crippen LogP contribution in [-0.2, 0) is 26.2 Å². The Bertz CT molecular complexity index is 1460. The third kappa shape index (κ3) is 7.58. The lowest BCUT2D eigenvalue weighted by molar-refractivity contribution is -0.140. The molecule has 2 amide bonds. The Morgan fingerprint density at radius 1 is 0.878 bits per heavy atom. The first kappa shape index (κ1) is 31.5. The first-order valence-electron chi connectivity index (χ1n) is 13.5. The molecule has 1 atom stereocenters. The highest BCUT2D eigenvalue weighted by molar-refractivity contribution is 7.92. The SMILES string of the molecule is CCNC(=O)[C@@H](CC)N(Cc1cccc(C)c1)C(=O)CN(c1ccc(C)cc1)S(=O)(=O)c1ccc(OC)c(OC)c1. The van der Waals surface area contributed by atoms with Crippen molar-refractivity contribution in [2.45, 2.75) is 51.6 Å². The highest BCUT2D eigenvalue weighted by atomic mass is 32.2. The minimum absolute atomic E-state index is 0.0653. The summed E-state index contributed by atoms with van der Waals surface area (Å²) in [4.78, 5) is 28.5. The third-order valence-corrected chi connectivity index (χ3v) is 8.49. The number of ether oxygens (including phenoxy) is 2. The molecule has 0 heterocycles. The van der Waals surface area contributed by atoms with Crippen molar-refractivity contribution in [3.63, 3.8) is 0 Å². The Kier molecular flexibility index (Phi) is 10.8. The van der Waals surface area contributed by atoms with Crippen molar-refractivity contribution in [2.75, 3.05) is 31.6 Å². The highest BCUT2D eigenvalue weighted by Crippen LogP contribution is 2.32. The number of carbonyl (C=O) groups excluding carboxylic acids is 2. The Hall–Kier alpha value is -4.05. The Labute approximate surface area is 243 Å². The van der Waals surface area contributed by atoms with E-state index in [1.165, 1.54) is 37.3 Å². The fourth-order valence-electron chi connectivity index (χ4n) is 4.56. The molecular weight excluding hydrogens is 542 g/mol. The van der Waals surface area contributed by atoms with Gasteiger partial charge in [-0.2, -0.15) is 0 Å². The number of hydrogen-bond acceptors (Lipinski definition) is 6. The molecule has 3 aromatic carbocycles. The van der Waals surface area contributed by atoms with Crippen LogP contribution in [0.1, 0.15) is 37.0 Å². The molecule has 0 unspecified atom stereocenters. The van der Waals surface area contributed by atoms with E-state index < -0.39 is 28.5 Å². The van der Waals surface area contributed by atoms with Gasteiger partial charge in [0, 0.05) is 19.2 Å². The Balaban J connectivity index is 2.09. The largest absolute Gasteiger partial charge is 0.493 e. The summed E-state index contributed by atoms with van der Waals surface area (Å²) < 4.78 is 39.9. The van der Waals surface area contributed by atoms with Crippen molar-refractivity contribution in [1.29, 1.82) is 0 Å². The molecule has 0 bridgehead atoms. The molecule has 220 valence electrons. The summed E-state index contributed by atoms with van der Waals surface area (Å²) in [6, 6.07) is 18.1. The fraction of sp³-hybridized carbons (Fsp3) is 0.355. The van der Waals surface area contributed by atoms with Crippen LogP contribution in [0, 0.1) is 13.8 Å². The van der Waals surface area contributed by atoms with Gasteiger partial charge in [-0.05, 0) is 57.0 Å². The monoisotopic (exact) mass is 581 g/mol. The molecule has 0 saturated heterocycles. The van der Waals surface area contributed by atoms with Gasteiger partial charge < -0.3 is 19.7 Å².